The maximum atomic E-state index is 13.7. The minimum absolute atomic E-state index is 0.0728. The van der Waals surface area contributed by atoms with E-state index in [2.05, 4.69) is 5.32 Å². The van der Waals surface area contributed by atoms with E-state index < -0.39 is 17.8 Å². The van der Waals surface area contributed by atoms with Gasteiger partial charge in [-0.15, -0.1) is 0 Å². The Morgan fingerprint density at radius 3 is 2.63 bits per heavy atom. The molecule has 3 rings (SSSR count). The molecule has 4 nitrogen and oxygen atoms in total. The maximum Gasteiger partial charge on any atom is 0.287 e. The highest BCUT2D eigenvalue weighted by molar-refractivity contribution is 6.35. The molecular weight excluding hydrogens is 392 g/mol. The lowest BCUT2D eigenvalue weighted by atomic mass is 10.1. The van der Waals surface area contributed by atoms with Crippen molar-refractivity contribution in [3.8, 4) is 5.75 Å². The van der Waals surface area contributed by atoms with Crippen LogP contribution in [-0.2, 0) is 6.61 Å². The van der Waals surface area contributed by atoms with Crippen LogP contribution in [0.3, 0.4) is 0 Å². The van der Waals surface area contributed by atoms with E-state index in [1.54, 1.807) is 19.1 Å². The van der Waals surface area contributed by atoms with E-state index in [-0.39, 0.29) is 22.4 Å². The van der Waals surface area contributed by atoms with Crippen molar-refractivity contribution in [3.63, 3.8) is 0 Å². The molecule has 0 bridgehead atoms. The number of nitrogens with one attached hydrogen (secondary N) is 1. The number of halogens is 3. The predicted molar refractivity (Wildman–Crippen MR) is 102 cm³/mol. The minimum Gasteiger partial charge on any atom is -0.486 e. The van der Waals surface area contributed by atoms with Crippen molar-refractivity contribution in [2.75, 3.05) is 0 Å². The highest BCUT2D eigenvalue weighted by Gasteiger charge is 2.18. The number of para-hydroxylation sites is 1. The number of ether oxygens (including phenoxy) is 1. The summed E-state index contributed by atoms with van der Waals surface area (Å²) in [6, 6.07) is 14.5. The van der Waals surface area contributed by atoms with Gasteiger partial charge in [-0.05, 0) is 48.9 Å². The maximum absolute atomic E-state index is 13.7. The lowest BCUT2D eigenvalue weighted by Crippen LogP contribution is -2.26. The van der Waals surface area contributed by atoms with Crippen molar-refractivity contribution in [2.45, 2.75) is 19.6 Å². The number of benzene rings is 2. The first-order chi connectivity index (χ1) is 12.9. The molecule has 1 aromatic heterocycles. The summed E-state index contributed by atoms with van der Waals surface area (Å²) in [5, 5.41) is 2.92. The first-order valence-electron chi connectivity index (χ1n) is 8.16. The number of hydrogen-bond donors (Lipinski definition) is 1. The predicted octanol–water partition coefficient (Wildman–Crippen LogP) is 5.80. The highest BCUT2D eigenvalue weighted by atomic mass is 35.5. The molecule has 0 spiro atoms. The largest absolute Gasteiger partial charge is 0.486 e. The smallest absolute Gasteiger partial charge is 0.287 e. The van der Waals surface area contributed by atoms with Gasteiger partial charge in [-0.2, -0.15) is 0 Å². The van der Waals surface area contributed by atoms with Gasteiger partial charge in [-0.1, -0.05) is 41.4 Å². The summed E-state index contributed by atoms with van der Waals surface area (Å²) in [6.07, 6.45) is 0. The number of hydrogen-bond acceptors (Lipinski definition) is 3. The molecule has 0 aliphatic heterocycles. The van der Waals surface area contributed by atoms with Gasteiger partial charge in [0.25, 0.3) is 5.91 Å². The normalized spacial score (nSPS) is 11.9. The van der Waals surface area contributed by atoms with Crippen LogP contribution in [0.1, 0.15) is 34.8 Å². The van der Waals surface area contributed by atoms with Gasteiger partial charge < -0.3 is 14.5 Å². The topological polar surface area (TPSA) is 51.5 Å². The number of rotatable bonds is 6. The summed E-state index contributed by atoms with van der Waals surface area (Å²) in [7, 11) is 0. The Morgan fingerprint density at radius 1 is 1.15 bits per heavy atom. The summed E-state index contributed by atoms with van der Waals surface area (Å²) in [4.78, 5) is 12.4. The molecule has 2 aromatic carbocycles. The highest BCUT2D eigenvalue weighted by Crippen LogP contribution is 2.28. The zero-order valence-electron chi connectivity index (χ0n) is 14.3. The standard InChI is InChI=1S/C20H16Cl2FNO3/c1-12(15-9-18(23)17(22)10-16(15)21)24-20(25)19-8-7-14(27-19)11-26-13-5-3-2-4-6-13/h2-10,12H,11H2,1H3,(H,24,25)/t12-/m1/s1. The molecule has 1 amide bonds. The van der Waals surface area contributed by atoms with Gasteiger partial charge in [0, 0.05) is 5.02 Å². The second-order valence-electron chi connectivity index (χ2n) is 5.85. The third-order valence-corrected chi connectivity index (χ3v) is 4.48. The first kappa shape index (κ1) is 19.3. The Morgan fingerprint density at radius 2 is 1.89 bits per heavy atom. The fourth-order valence-electron chi connectivity index (χ4n) is 2.46. The average Bonchev–Trinajstić information content (AvgIpc) is 3.13. The van der Waals surface area contributed by atoms with Gasteiger partial charge in [-0.3, -0.25) is 4.79 Å². The SMILES string of the molecule is C[C@@H](NC(=O)c1ccc(COc2ccccc2)o1)c1cc(F)c(Cl)cc1Cl. The summed E-state index contributed by atoms with van der Waals surface area (Å²) >= 11 is 11.8. The third kappa shape index (κ3) is 4.81. The molecule has 0 aliphatic rings. The van der Waals surface area contributed by atoms with Gasteiger partial charge in [0.05, 0.1) is 11.1 Å². The Labute approximate surface area is 165 Å². The van der Waals surface area contributed by atoms with Crippen LogP contribution in [0.5, 0.6) is 5.75 Å². The molecule has 27 heavy (non-hydrogen) atoms. The molecule has 0 saturated carbocycles. The summed E-state index contributed by atoms with van der Waals surface area (Å²) in [5.41, 5.74) is 0.422. The van der Waals surface area contributed by atoms with Crippen molar-refractivity contribution in [2.24, 2.45) is 0 Å². The summed E-state index contributed by atoms with van der Waals surface area (Å²) < 4.78 is 24.8. The van der Waals surface area contributed by atoms with E-state index in [1.165, 1.54) is 12.1 Å². The molecule has 140 valence electrons. The van der Waals surface area contributed by atoms with Crippen LogP contribution in [0.25, 0.3) is 0 Å². The number of carbonyl (C=O) groups is 1. The van der Waals surface area contributed by atoms with Gasteiger partial charge >= 0.3 is 0 Å². The first-order valence-corrected chi connectivity index (χ1v) is 8.91. The molecule has 0 unspecified atom stereocenters. The van der Waals surface area contributed by atoms with Crippen LogP contribution < -0.4 is 10.1 Å². The average molecular weight is 408 g/mol. The Bertz CT molecular complexity index is 944. The van der Waals surface area contributed by atoms with Crippen molar-refractivity contribution in [1.29, 1.82) is 0 Å². The summed E-state index contributed by atoms with van der Waals surface area (Å²) in [5.74, 6) is 0.287. The molecular formula is C20H16Cl2FNO3. The fourth-order valence-corrected chi connectivity index (χ4v) is 3.01. The van der Waals surface area contributed by atoms with E-state index in [0.29, 0.717) is 17.1 Å². The quantitative estimate of drug-likeness (QED) is 0.525. The van der Waals surface area contributed by atoms with Crippen molar-refractivity contribution >= 4 is 29.1 Å². The second-order valence-corrected chi connectivity index (χ2v) is 6.67. The minimum atomic E-state index is -0.601. The molecule has 1 heterocycles. The van der Waals surface area contributed by atoms with Gasteiger partial charge in [0.1, 0.15) is 23.9 Å². The van der Waals surface area contributed by atoms with Crippen LogP contribution in [-0.4, -0.2) is 5.91 Å². The van der Waals surface area contributed by atoms with E-state index in [0.717, 1.165) is 0 Å². The Hall–Kier alpha value is -2.50. The van der Waals surface area contributed by atoms with Gasteiger partial charge in [0.15, 0.2) is 5.76 Å². The lowest BCUT2D eigenvalue weighted by Gasteiger charge is -2.15. The van der Waals surface area contributed by atoms with Gasteiger partial charge in [-0.25, -0.2) is 4.39 Å². The Kier molecular flexibility index (Phi) is 6.04. The van der Waals surface area contributed by atoms with Crippen molar-refractivity contribution < 1.29 is 18.3 Å². The molecule has 7 heteroatoms. The molecule has 1 atom stereocenters. The van der Waals surface area contributed by atoms with E-state index in [9.17, 15) is 9.18 Å². The van der Waals surface area contributed by atoms with Gasteiger partial charge in [0.2, 0.25) is 0 Å². The molecule has 3 aromatic rings. The zero-order chi connectivity index (χ0) is 19.4. The fraction of sp³-hybridized carbons (Fsp3) is 0.150. The number of carbonyl (C=O) groups excluding carboxylic acids is 1. The van der Waals surface area contributed by atoms with E-state index in [1.807, 2.05) is 30.3 Å². The molecule has 0 aliphatic carbocycles. The molecule has 0 saturated heterocycles. The zero-order valence-corrected chi connectivity index (χ0v) is 15.9. The van der Waals surface area contributed by atoms with Crippen LogP contribution in [0.15, 0.2) is 59.0 Å². The lowest BCUT2D eigenvalue weighted by molar-refractivity contribution is 0.0907. The molecule has 0 fully saturated rings. The summed E-state index contributed by atoms with van der Waals surface area (Å²) in [6.45, 7) is 1.88. The van der Waals surface area contributed by atoms with Crippen LogP contribution in [0, 0.1) is 5.82 Å². The van der Waals surface area contributed by atoms with Crippen LogP contribution in [0.4, 0.5) is 4.39 Å². The van der Waals surface area contributed by atoms with Crippen molar-refractivity contribution in [3.05, 3.63) is 87.5 Å². The Balaban J connectivity index is 1.63. The van der Waals surface area contributed by atoms with Crippen LogP contribution >= 0.6 is 23.2 Å². The van der Waals surface area contributed by atoms with E-state index >= 15 is 0 Å². The third-order valence-electron chi connectivity index (χ3n) is 3.86. The number of amides is 1. The molecule has 1 N–H and O–H groups in total. The van der Waals surface area contributed by atoms with Crippen molar-refractivity contribution in [1.82, 2.24) is 5.32 Å². The molecule has 0 radical (unpaired) electrons. The van der Waals surface area contributed by atoms with Crippen LogP contribution in [0.2, 0.25) is 10.0 Å². The second kappa shape index (κ2) is 8.46. The number of furan rings is 1. The van der Waals surface area contributed by atoms with E-state index in [4.69, 9.17) is 32.4 Å². The monoisotopic (exact) mass is 407 g/mol.